The number of halogens is 1. The van der Waals surface area contributed by atoms with Crippen LogP contribution in [0.25, 0.3) is 0 Å². The highest BCUT2D eigenvalue weighted by atomic mass is 35.5. The fourth-order valence-corrected chi connectivity index (χ4v) is 2.65. The van der Waals surface area contributed by atoms with Crippen molar-refractivity contribution in [1.82, 2.24) is 5.32 Å². The number of nitrogens with one attached hydrogen (secondary N) is 1. The van der Waals surface area contributed by atoms with Crippen LogP contribution >= 0.6 is 11.6 Å². The first-order valence-electron chi connectivity index (χ1n) is 6.04. The molecule has 0 aliphatic rings. The van der Waals surface area contributed by atoms with Gasteiger partial charge in [0.1, 0.15) is 0 Å². The van der Waals surface area contributed by atoms with Gasteiger partial charge in [0.25, 0.3) is 0 Å². The highest BCUT2D eigenvalue weighted by Gasteiger charge is 2.26. The second-order valence-corrected chi connectivity index (χ2v) is 7.36. The topological polar surface area (TPSA) is 46.2 Å². The summed E-state index contributed by atoms with van der Waals surface area (Å²) in [4.78, 5) is 0. The number of benzene rings is 1. The Kier molecular flexibility index (Phi) is 5.63. The van der Waals surface area contributed by atoms with E-state index in [0.29, 0.717) is 5.02 Å². The van der Waals surface area contributed by atoms with Gasteiger partial charge in [-0.3, -0.25) is 0 Å². The Bertz CT molecular complexity index is 470. The Hall–Kier alpha value is -0.580. The van der Waals surface area contributed by atoms with Gasteiger partial charge in [0.2, 0.25) is 0 Å². The van der Waals surface area contributed by atoms with E-state index in [-0.39, 0.29) is 6.04 Å². The third kappa shape index (κ3) is 4.26. The maximum absolute atomic E-state index is 11.7. The molecule has 0 amide bonds. The van der Waals surface area contributed by atoms with Gasteiger partial charge >= 0.3 is 0 Å². The molecule has 0 aromatic heterocycles. The minimum atomic E-state index is -3.09. The van der Waals surface area contributed by atoms with Gasteiger partial charge in [-0.05, 0) is 37.6 Å². The summed E-state index contributed by atoms with van der Waals surface area (Å²) in [5.74, 6) is 0. The monoisotopic (exact) mass is 289 g/mol. The lowest BCUT2D eigenvalue weighted by atomic mass is 10.0. The van der Waals surface area contributed by atoms with Crippen molar-refractivity contribution in [3.05, 3.63) is 34.9 Å². The van der Waals surface area contributed by atoms with Gasteiger partial charge in [-0.1, -0.05) is 30.7 Å². The van der Waals surface area contributed by atoms with Crippen molar-refractivity contribution in [2.75, 3.05) is 12.8 Å². The van der Waals surface area contributed by atoms with Crippen molar-refractivity contribution in [3.8, 4) is 0 Å². The molecule has 0 saturated heterocycles. The number of rotatable bonds is 6. The third-order valence-electron chi connectivity index (χ3n) is 2.99. The summed E-state index contributed by atoms with van der Waals surface area (Å²) >= 11 is 5.85. The predicted molar refractivity (Wildman–Crippen MR) is 76.8 cm³/mol. The van der Waals surface area contributed by atoms with Gasteiger partial charge in [0.15, 0.2) is 9.84 Å². The molecule has 0 saturated carbocycles. The molecule has 0 heterocycles. The van der Waals surface area contributed by atoms with Gasteiger partial charge in [0.05, 0.1) is 5.25 Å². The molecule has 18 heavy (non-hydrogen) atoms. The van der Waals surface area contributed by atoms with E-state index in [0.717, 1.165) is 18.5 Å². The second-order valence-electron chi connectivity index (χ2n) is 4.52. The first kappa shape index (κ1) is 15.5. The standard InChI is InChI=1S/C13H20ClNO2S/c1-4-9-15-13(10(2)18(3,16)17)11-5-7-12(14)8-6-11/h5-8,10,13,15H,4,9H2,1-3H3. The Labute approximate surface area is 114 Å². The molecule has 102 valence electrons. The molecule has 5 heteroatoms. The molecule has 1 aromatic carbocycles. The molecule has 1 N–H and O–H groups in total. The van der Waals surface area contributed by atoms with Crippen LogP contribution in [0.15, 0.2) is 24.3 Å². The first-order valence-corrected chi connectivity index (χ1v) is 8.37. The van der Waals surface area contributed by atoms with Gasteiger partial charge in [-0.25, -0.2) is 8.42 Å². The summed E-state index contributed by atoms with van der Waals surface area (Å²) in [5.41, 5.74) is 0.950. The average molecular weight is 290 g/mol. The predicted octanol–water partition coefficient (Wildman–Crippen LogP) is 2.81. The summed E-state index contributed by atoms with van der Waals surface area (Å²) < 4.78 is 23.4. The molecule has 0 bridgehead atoms. The van der Waals surface area contributed by atoms with Crippen molar-refractivity contribution in [3.63, 3.8) is 0 Å². The van der Waals surface area contributed by atoms with E-state index < -0.39 is 15.1 Å². The number of hydrogen-bond acceptors (Lipinski definition) is 3. The molecule has 2 unspecified atom stereocenters. The van der Waals surface area contributed by atoms with E-state index in [2.05, 4.69) is 12.2 Å². The van der Waals surface area contributed by atoms with Crippen LogP contribution in [-0.2, 0) is 9.84 Å². The maximum Gasteiger partial charge on any atom is 0.151 e. The fraction of sp³-hybridized carbons (Fsp3) is 0.538. The van der Waals surface area contributed by atoms with Crippen LogP contribution < -0.4 is 5.32 Å². The van der Waals surface area contributed by atoms with E-state index in [1.54, 1.807) is 19.1 Å². The minimum absolute atomic E-state index is 0.197. The number of sulfone groups is 1. The molecule has 0 aliphatic heterocycles. The van der Waals surface area contributed by atoms with Crippen LogP contribution in [-0.4, -0.2) is 26.5 Å². The zero-order chi connectivity index (χ0) is 13.8. The summed E-state index contributed by atoms with van der Waals surface area (Å²) in [7, 11) is -3.09. The molecular weight excluding hydrogens is 270 g/mol. The second kappa shape index (κ2) is 6.55. The van der Waals surface area contributed by atoms with E-state index in [4.69, 9.17) is 11.6 Å². The molecule has 3 nitrogen and oxygen atoms in total. The molecular formula is C13H20ClNO2S. The van der Waals surface area contributed by atoms with Crippen LogP contribution in [0.4, 0.5) is 0 Å². The van der Waals surface area contributed by atoms with Crippen LogP contribution in [0.1, 0.15) is 31.9 Å². The van der Waals surface area contributed by atoms with E-state index in [9.17, 15) is 8.42 Å². The van der Waals surface area contributed by atoms with Gasteiger partial charge in [-0.15, -0.1) is 0 Å². The zero-order valence-corrected chi connectivity index (χ0v) is 12.6. The van der Waals surface area contributed by atoms with Crippen molar-refractivity contribution in [1.29, 1.82) is 0 Å². The summed E-state index contributed by atoms with van der Waals surface area (Å²) in [5, 5.41) is 3.47. The minimum Gasteiger partial charge on any atom is -0.309 e. The Balaban J connectivity index is 3.01. The lowest BCUT2D eigenvalue weighted by Gasteiger charge is -2.24. The van der Waals surface area contributed by atoms with Gasteiger partial charge < -0.3 is 5.32 Å². The molecule has 0 spiro atoms. The quantitative estimate of drug-likeness (QED) is 0.876. The molecule has 0 aliphatic carbocycles. The van der Waals surface area contributed by atoms with Crippen LogP contribution in [0.3, 0.4) is 0 Å². The van der Waals surface area contributed by atoms with Gasteiger partial charge in [0, 0.05) is 17.3 Å². The zero-order valence-electron chi connectivity index (χ0n) is 11.0. The molecule has 1 aromatic rings. The summed E-state index contributed by atoms with van der Waals surface area (Å²) in [6.07, 6.45) is 2.23. The largest absolute Gasteiger partial charge is 0.309 e. The molecule has 2 atom stereocenters. The van der Waals surface area contributed by atoms with Crippen molar-refractivity contribution in [2.24, 2.45) is 0 Å². The third-order valence-corrected chi connectivity index (χ3v) is 4.86. The van der Waals surface area contributed by atoms with E-state index >= 15 is 0 Å². The lowest BCUT2D eigenvalue weighted by molar-refractivity contribution is 0.500. The smallest absolute Gasteiger partial charge is 0.151 e. The van der Waals surface area contributed by atoms with Crippen LogP contribution in [0, 0.1) is 0 Å². The maximum atomic E-state index is 11.7. The lowest BCUT2D eigenvalue weighted by Crippen LogP contribution is -2.35. The first-order chi connectivity index (χ1) is 8.36. The van der Waals surface area contributed by atoms with Crippen LogP contribution in [0.2, 0.25) is 5.02 Å². The van der Waals surface area contributed by atoms with Crippen molar-refractivity contribution in [2.45, 2.75) is 31.6 Å². The fourth-order valence-electron chi connectivity index (χ4n) is 1.77. The van der Waals surface area contributed by atoms with E-state index in [1.807, 2.05) is 12.1 Å². The summed E-state index contributed by atoms with van der Waals surface area (Å²) in [6, 6.07) is 7.12. The van der Waals surface area contributed by atoms with Crippen molar-refractivity contribution >= 4 is 21.4 Å². The Morgan fingerprint density at radius 1 is 1.28 bits per heavy atom. The average Bonchev–Trinajstić information content (AvgIpc) is 2.30. The van der Waals surface area contributed by atoms with Crippen LogP contribution in [0.5, 0.6) is 0 Å². The SMILES string of the molecule is CCCNC(c1ccc(Cl)cc1)C(C)S(C)(=O)=O. The Morgan fingerprint density at radius 2 is 1.83 bits per heavy atom. The van der Waals surface area contributed by atoms with Gasteiger partial charge in [-0.2, -0.15) is 0 Å². The molecule has 0 fully saturated rings. The molecule has 0 radical (unpaired) electrons. The van der Waals surface area contributed by atoms with Crippen molar-refractivity contribution < 1.29 is 8.42 Å². The number of hydrogen-bond donors (Lipinski definition) is 1. The normalized spacial score (nSPS) is 15.3. The Morgan fingerprint density at radius 3 is 2.28 bits per heavy atom. The molecule has 1 rings (SSSR count). The summed E-state index contributed by atoms with van der Waals surface area (Å²) in [6.45, 7) is 4.57. The highest BCUT2D eigenvalue weighted by molar-refractivity contribution is 7.91. The highest BCUT2D eigenvalue weighted by Crippen LogP contribution is 2.23. The van der Waals surface area contributed by atoms with E-state index in [1.165, 1.54) is 6.26 Å².